The molecule has 3 aromatic carbocycles. The van der Waals surface area contributed by atoms with Crippen molar-refractivity contribution in [1.82, 2.24) is 16.2 Å². The molecule has 0 saturated heterocycles. The van der Waals surface area contributed by atoms with Crippen LogP contribution in [0.15, 0.2) is 78.9 Å². The first-order valence-corrected chi connectivity index (χ1v) is 12.0. The molecule has 0 bridgehead atoms. The lowest BCUT2D eigenvalue weighted by Gasteiger charge is -2.23. The first-order valence-electron chi connectivity index (χ1n) is 12.0. The van der Waals surface area contributed by atoms with Crippen LogP contribution in [-0.2, 0) is 20.7 Å². The predicted octanol–water partition coefficient (Wildman–Crippen LogP) is 4.47. The van der Waals surface area contributed by atoms with E-state index in [9.17, 15) is 14.4 Å². The van der Waals surface area contributed by atoms with E-state index in [0.29, 0.717) is 0 Å². The minimum Gasteiger partial charge on any atom is -0.444 e. The first kappa shape index (κ1) is 25.0. The molecular weight excluding hydrogens is 454 g/mol. The van der Waals surface area contributed by atoms with Crippen LogP contribution in [0, 0.1) is 0 Å². The highest BCUT2D eigenvalue weighted by molar-refractivity contribution is 5.89. The Bertz CT molecular complexity index is 1210. The van der Waals surface area contributed by atoms with Crippen molar-refractivity contribution in [1.29, 1.82) is 0 Å². The molecule has 0 radical (unpaired) electrons. The molecule has 0 aliphatic heterocycles. The Morgan fingerprint density at radius 2 is 1.36 bits per heavy atom. The molecule has 0 heterocycles. The third-order valence-corrected chi connectivity index (χ3v) is 5.97. The molecule has 36 heavy (non-hydrogen) atoms. The molecule has 3 amide bonds. The van der Waals surface area contributed by atoms with Gasteiger partial charge in [-0.2, -0.15) is 0 Å². The van der Waals surface area contributed by atoms with Gasteiger partial charge in [0.25, 0.3) is 5.91 Å². The van der Waals surface area contributed by atoms with Crippen molar-refractivity contribution in [2.45, 2.75) is 51.2 Å². The maximum Gasteiger partial charge on any atom is 0.408 e. The summed E-state index contributed by atoms with van der Waals surface area (Å²) in [4.78, 5) is 38.2. The fourth-order valence-corrected chi connectivity index (χ4v) is 4.44. The van der Waals surface area contributed by atoms with E-state index in [1.807, 2.05) is 66.7 Å². The Morgan fingerprint density at radius 3 is 1.94 bits per heavy atom. The third kappa shape index (κ3) is 6.10. The highest BCUT2D eigenvalue weighted by Crippen LogP contribution is 2.45. The number of hydrogen-bond donors (Lipinski definition) is 3. The van der Waals surface area contributed by atoms with Crippen molar-refractivity contribution in [2.24, 2.45) is 0 Å². The van der Waals surface area contributed by atoms with Gasteiger partial charge in [0.05, 0.1) is 0 Å². The summed E-state index contributed by atoms with van der Waals surface area (Å²) in [5.74, 6) is -0.963. The zero-order valence-electron chi connectivity index (χ0n) is 20.7. The van der Waals surface area contributed by atoms with Crippen LogP contribution in [-0.4, -0.2) is 29.6 Å². The van der Waals surface area contributed by atoms with Gasteiger partial charge in [0, 0.05) is 18.8 Å². The summed E-state index contributed by atoms with van der Waals surface area (Å²) < 4.78 is 5.32. The number of hydrazine groups is 1. The summed E-state index contributed by atoms with van der Waals surface area (Å²) in [6, 6.07) is 24.5. The van der Waals surface area contributed by atoms with Gasteiger partial charge < -0.3 is 10.1 Å². The second-order valence-electron chi connectivity index (χ2n) is 9.86. The monoisotopic (exact) mass is 485 g/mol. The van der Waals surface area contributed by atoms with Crippen molar-refractivity contribution < 1.29 is 19.1 Å². The van der Waals surface area contributed by atoms with Gasteiger partial charge in [0.1, 0.15) is 11.6 Å². The van der Waals surface area contributed by atoms with E-state index in [2.05, 4.69) is 28.3 Å². The fraction of sp³-hybridized carbons (Fsp3) is 0.276. The minimum atomic E-state index is -0.935. The lowest BCUT2D eigenvalue weighted by atomic mass is 9.93. The van der Waals surface area contributed by atoms with E-state index in [1.54, 1.807) is 20.8 Å². The number of carbonyl (C=O) groups excluding carboxylic acids is 3. The molecule has 7 nitrogen and oxygen atoms in total. The second-order valence-corrected chi connectivity index (χ2v) is 9.86. The Kier molecular flexibility index (Phi) is 7.38. The number of fused-ring (bicyclic) bond motifs is 3. The normalized spacial score (nSPS) is 13.2. The van der Waals surface area contributed by atoms with Crippen LogP contribution in [0.4, 0.5) is 4.79 Å². The number of carbonyl (C=O) groups is 3. The van der Waals surface area contributed by atoms with Crippen LogP contribution in [0.25, 0.3) is 11.1 Å². The number of alkyl carbamates (subject to hydrolysis) is 1. The summed E-state index contributed by atoms with van der Waals surface area (Å²) in [5, 5.41) is 2.62. The Morgan fingerprint density at radius 1 is 0.806 bits per heavy atom. The highest BCUT2D eigenvalue weighted by Gasteiger charge is 2.30. The maximum absolute atomic E-state index is 13.0. The molecule has 186 valence electrons. The maximum atomic E-state index is 13.0. The van der Waals surface area contributed by atoms with Crippen molar-refractivity contribution >= 4 is 17.9 Å². The molecule has 4 rings (SSSR count). The fourth-order valence-electron chi connectivity index (χ4n) is 4.44. The number of benzene rings is 3. The molecule has 0 saturated carbocycles. The largest absolute Gasteiger partial charge is 0.444 e. The highest BCUT2D eigenvalue weighted by atomic mass is 16.6. The summed E-state index contributed by atoms with van der Waals surface area (Å²) in [5.41, 5.74) is 9.60. The van der Waals surface area contributed by atoms with Gasteiger partial charge in [0.2, 0.25) is 5.91 Å². The third-order valence-electron chi connectivity index (χ3n) is 5.97. The lowest BCUT2D eigenvalue weighted by molar-refractivity contribution is -0.130. The summed E-state index contributed by atoms with van der Waals surface area (Å²) in [7, 11) is 0. The van der Waals surface area contributed by atoms with E-state index in [0.717, 1.165) is 27.8 Å². The zero-order valence-corrected chi connectivity index (χ0v) is 20.7. The van der Waals surface area contributed by atoms with E-state index in [-0.39, 0.29) is 24.7 Å². The molecular formula is C29H31N3O4. The van der Waals surface area contributed by atoms with E-state index in [1.165, 1.54) is 0 Å². The predicted molar refractivity (Wildman–Crippen MR) is 138 cm³/mol. The van der Waals surface area contributed by atoms with Crippen LogP contribution >= 0.6 is 0 Å². The SMILES string of the molecule is CC(C)(C)OC(=O)NC(Cc1ccccc1)C(=O)NNC(=O)CC1c2ccccc2-c2ccccc21. The van der Waals surface area contributed by atoms with Crippen molar-refractivity contribution in [3.63, 3.8) is 0 Å². The van der Waals surface area contributed by atoms with Gasteiger partial charge in [0.15, 0.2) is 0 Å². The van der Waals surface area contributed by atoms with E-state index in [4.69, 9.17) is 4.74 Å². The van der Waals surface area contributed by atoms with Crippen LogP contribution in [0.2, 0.25) is 0 Å². The Balaban J connectivity index is 1.41. The van der Waals surface area contributed by atoms with Crippen LogP contribution < -0.4 is 16.2 Å². The quantitative estimate of drug-likeness (QED) is 0.449. The van der Waals surface area contributed by atoms with E-state index < -0.39 is 23.6 Å². The number of amides is 3. The summed E-state index contributed by atoms with van der Waals surface area (Å²) in [6.45, 7) is 5.25. The molecule has 3 N–H and O–H groups in total. The number of nitrogens with one attached hydrogen (secondary N) is 3. The summed E-state index contributed by atoms with van der Waals surface area (Å²) in [6.07, 6.45) is -0.286. The van der Waals surface area contributed by atoms with Crippen molar-refractivity contribution in [3.8, 4) is 11.1 Å². The molecule has 1 aliphatic rings. The molecule has 0 spiro atoms. The number of ether oxygens (including phenoxy) is 1. The minimum absolute atomic E-state index is 0.102. The average molecular weight is 486 g/mol. The van der Waals surface area contributed by atoms with Gasteiger partial charge >= 0.3 is 6.09 Å². The van der Waals surface area contributed by atoms with Gasteiger partial charge in [-0.05, 0) is 48.6 Å². The molecule has 1 aliphatic carbocycles. The molecule has 3 aromatic rings. The number of hydrogen-bond acceptors (Lipinski definition) is 4. The number of rotatable bonds is 6. The smallest absolute Gasteiger partial charge is 0.408 e. The van der Waals surface area contributed by atoms with Crippen LogP contribution in [0.1, 0.15) is 49.8 Å². The Hall–Kier alpha value is -4.13. The molecule has 1 unspecified atom stereocenters. The summed E-state index contributed by atoms with van der Waals surface area (Å²) >= 11 is 0. The topological polar surface area (TPSA) is 96.5 Å². The lowest BCUT2D eigenvalue weighted by Crippen LogP contribution is -2.53. The zero-order chi connectivity index (χ0) is 25.7. The molecule has 1 atom stereocenters. The molecule has 0 aromatic heterocycles. The van der Waals surface area contributed by atoms with Gasteiger partial charge in [-0.15, -0.1) is 0 Å². The van der Waals surface area contributed by atoms with Crippen molar-refractivity contribution in [2.75, 3.05) is 0 Å². The van der Waals surface area contributed by atoms with Gasteiger partial charge in [-0.1, -0.05) is 78.9 Å². The van der Waals surface area contributed by atoms with Gasteiger partial charge in [-0.3, -0.25) is 20.4 Å². The van der Waals surface area contributed by atoms with Gasteiger partial charge in [-0.25, -0.2) is 4.79 Å². The second kappa shape index (κ2) is 10.6. The average Bonchev–Trinajstić information content (AvgIpc) is 3.15. The standard InChI is InChI=1S/C29H31N3O4/c1-29(2,3)36-28(35)30-25(17-19-11-5-4-6-12-19)27(34)32-31-26(33)18-24-22-15-9-7-13-20(22)21-14-8-10-16-23(21)24/h4-16,24-25H,17-18H2,1-3H3,(H,30,35)(H,31,33)(H,32,34). The molecule has 0 fully saturated rings. The first-order chi connectivity index (χ1) is 17.2. The Labute approximate surface area is 211 Å². The van der Waals surface area contributed by atoms with E-state index >= 15 is 0 Å². The molecule has 7 heteroatoms. The van der Waals surface area contributed by atoms with Crippen LogP contribution in [0.3, 0.4) is 0 Å². The van der Waals surface area contributed by atoms with Crippen LogP contribution in [0.5, 0.6) is 0 Å². The van der Waals surface area contributed by atoms with Crippen molar-refractivity contribution in [3.05, 3.63) is 95.6 Å².